The number of carboxylic acid groups (broad SMARTS) is 1. The van der Waals surface area contributed by atoms with Crippen LogP contribution in [0.15, 0.2) is 24.3 Å². The van der Waals surface area contributed by atoms with Gasteiger partial charge in [-0.1, -0.05) is 12.1 Å². The minimum Gasteiger partial charge on any atom is -0.478 e. The molecular weight excluding hydrogens is 242 g/mol. The fraction of sp³-hybridized carbons (Fsp3) is 0.467. The third kappa shape index (κ3) is 3.34. The van der Waals surface area contributed by atoms with E-state index in [1.54, 1.807) is 24.3 Å². The summed E-state index contributed by atoms with van der Waals surface area (Å²) in [7, 11) is 0. The summed E-state index contributed by atoms with van der Waals surface area (Å²) in [6.45, 7) is 2.96. The zero-order chi connectivity index (χ0) is 13.8. The van der Waals surface area contributed by atoms with Crippen molar-refractivity contribution in [2.75, 3.05) is 6.54 Å². The molecule has 1 heterocycles. The molecule has 1 fully saturated rings. The average molecular weight is 261 g/mol. The summed E-state index contributed by atoms with van der Waals surface area (Å²) in [5, 5.41) is 8.81. The van der Waals surface area contributed by atoms with Gasteiger partial charge >= 0.3 is 5.97 Å². The number of aryl methyl sites for hydroxylation is 1. The van der Waals surface area contributed by atoms with Gasteiger partial charge in [0.2, 0.25) is 5.91 Å². The Bertz CT molecular complexity index is 467. The first-order chi connectivity index (χ1) is 9.08. The second-order valence-corrected chi connectivity index (χ2v) is 5.08. The van der Waals surface area contributed by atoms with Crippen molar-refractivity contribution in [3.05, 3.63) is 35.4 Å². The van der Waals surface area contributed by atoms with Crippen LogP contribution in [0.5, 0.6) is 0 Å². The highest BCUT2D eigenvalue weighted by Crippen LogP contribution is 2.18. The van der Waals surface area contributed by atoms with E-state index in [-0.39, 0.29) is 11.5 Å². The van der Waals surface area contributed by atoms with Crippen LogP contribution in [-0.4, -0.2) is 34.5 Å². The molecule has 1 aliphatic heterocycles. The minimum atomic E-state index is -0.923. The van der Waals surface area contributed by atoms with E-state index >= 15 is 0 Å². The van der Waals surface area contributed by atoms with Gasteiger partial charge in [0.05, 0.1) is 5.56 Å². The Kier molecular flexibility index (Phi) is 4.20. The Morgan fingerprint density at radius 2 is 2.00 bits per heavy atom. The van der Waals surface area contributed by atoms with Gasteiger partial charge in [-0.3, -0.25) is 4.79 Å². The monoisotopic (exact) mass is 261 g/mol. The van der Waals surface area contributed by atoms with Crippen LogP contribution in [0.4, 0.5) is 0 Å². The highest BCUT2D eigenvalue weighted by molar-refractivity contribution is 5.87. The number of hydrogen-bond donors (Lipinski definition) is 1. The summed E-state index contributed by atoms with van der Waals surface area (Å²) < 4.78 is 0. The lowest BCUT2D eigenvalue weighted by Gasteiger charge is -2.21. The minimum absolute atomic E-state index is 0.201. The third-order valence-corrected chi connectivity index (χ3v) is 3.70. The first kappa shape index (κ1) is 13.6. The maximum absolute atomic E-state index is 12.0. The average Bonchev–Trinajstić information content (AvgIpc) is 2.83. The van der Waals surface area contributed by atoms with E-state index in [1.807, 2.05) is 4.90 Å². The Morgan fingerprint density at radius 3 is 2.53 bits per heavy atom. The molecule has 4 heteroatoms. The third-order valence-electron chi connectivity index (χ3n) is 3.70. The lowest BCUT2D eigenvalue weighted by molar-refractivity contribution is -0.131. The Morgan fingerprint density at radius 1 is 1.32 bits per heavy atom. The van der Waals surface area contributed by atoms with E-state index in [9.17, 15) is 9.59 Å². The van der Waals surface area contributed by atoms with Crippen LogP contribution in [0.1, 0.15) is 42.1 Å². The van der Waals surface area contributed by atoms with Crippen LogP contribution in [0.2, 0.25) is 0 Å². The summed E-state index contributed by atoms with van der Waals surface area (Å²) in [5.41, 5.74) is 1.29. The molecule has 1 aromatic carbocycles. The quantitative estimate of drug-likeness (QED) is 0.905. The molecule has 0 radical (unpaired) electrons. The van der Waals surface area contributed by atoms with E-state index in [0.29, 0.717) is 18.9 Å². The highest BCUT2D eigenvalue weighted by atomic mass is 16.4. The molecule has 19 heavy (non-hydrogen) atoms. The van der Waals surface area contributed by atoms with Crippen molar-refractivity contribution >= 4 is 11.9 Å². The molecule has 1 unspecified atom stereocenters. The number of likely N-dealkylation sites (tertiary alicyclic amines) is 1. The van der Waals surface area contributed by atoms with Crippen LogP contribution in [0.3, 0.4) is 0 Å². The maximum atomic E-state index is 12.0. The molecule has 1 amide bonds. The molecule has 102 valence electrons. The number of rotatable bonds is 4. The summed E-state index contributed by atoms with van der Waals surface area (Å²) >= 11 is 0. The predicted molar refractivity (Wildman–Crippen MR) is 72.1 cm³/mol. The number of amides is 1. The first-order valence-electron chi connectivity index (χ1n) is 6.69. The summed E-state index contributed by atoms with van der Waals surface area (Å²) in [6.07, 6.45) is 3.36. The van der Waals surface area contributed by atoms with Gasteiger partial charge in [0.15, 0.2) is 0 Å². The van der Waals surface area contributed by atoms with Crippen LogP contribution in [0.25, 0.3) is 0 Å². The molecule has 1 aliphatic rings. The van der Waals surface area contributed by atoms with Crippen molar-refractivity contribution in [1.29, 1.82) is 0 Å². The lowest BCUT2D eigenvalue weighted by atomic mass is 10.1. The van der Waals surface area contributed by atoms with Gasteiger partial charge in [0, 0.05) is 19.0 Å². The normalized spacial score (nSPS) is 18.6. The number of nitrogens with zero attached hydrogens (tertiary/aromatic N) is 1. The molecule has 1 N–H and O–H groups in total. The van der Waals surface area contributed by atoms with Gasteiger partial charge in [-0.25, -0.2) is 4.79 Å². The van der Waals surface area contributed by atoms with Crippen molar-refractivity contribution in [2.45, 2.75) is 38.6 Å². The van der Waals surface area contributed by atoms with Crippen molar-refractivity contribution in [3.8, 4) is 0 Å². The molecule has 1 aromatic rings. The van der Waals surface area contributed by atoms with Gasteiger partial charge in [-0.15, -0.1) is 0 Å². The molecule has 0 bridgehead atoms. The van der Waals surface area contributed by atoms with Crippen LogP contribution in [0, 0.1) is 0 Å². The van der Waals surface area contributed by atoms with Crippen LogP contribution >= 0.6 is 0 Å². The van der Waals surface area contributed by atoms with Gasteiger partial charge in [0.1, 0.15) is 0 Å². The van der Waals surface area contributed by atoms with E-state index < -0.39 is 5.97 Å². The van der Waals surface area contributed by atoms with Crippen molar-refractivity contribution in [3.63, 3.8) is 0 Å². The highest BCUT2D eigenvalue weighted by Gasteiger charge is 2.24. The standard InChI is InChI=1S/C15H19NO3/c1-11-3-2-10-16(11)14(17)9-6-12-4-7-13(8-5-12)15(18)19/h4-5,7-8,11H,2-3,6,9-10H2,1H3,(H,18,19). The van der Waals surface area contributed by atoms with Gasteiger partial charge in [-0.05, 0) is 43.9 Å². The summed E-state index contributed by atoms with van der Waals surface area (Å²) in [4.78, 5) is 24.7. The topological polar surface area (TPSA) is 57.6 Å². The van der Waals surface area contributed by atoms with Gasteiger partial charge < -0.3 is 10.0 Å². The van der Waals surface area contributed by atoms with E-state index in [2.05, 4.69) is 6.92 Å². The lowest BCUT2D eigenvalue weighted by Crippen LogP contribution is -2.33. The molecule has 2 rings (SSSR count). The fourth-order valence-corrected chi connectivity index (χ4v) is 2.51. The Balaban J connectivity index is 1.88. The molecule has 0 spiro atoms. The number of carbonyl (C=O) groups is 2. The van der Waals surface area contributed by atoms with Crippen LogP contribution < -0.4 is 0 Å². The molecular formula is C15H19NO3. The SMILES string of the molecule is CC1CCCN1C(=O)CCc1ccc(C(=O)O)cc1. The van der Waals surface area contributed by atoms with Crippen molar-refractivity contribution in [1.82, 2.24) is 4.90 Å². The summed E-state index contributed by atoms with van der Waals surface area (Å²) in [6, 6.07) is 7.09. The molecule has 0 aromatic heterocycles. The predicted octanol–water partition coefficient (Wildman–Crippen LogP) is 2.33. The van der Waals surface area contributed by atoms with Gasteiger partial charge in [-0.2, -0.15) is 0 Å². The zero-order valence-corrected chi connectivity index (χ0v) is 11.1. The number of benzene rings is 1. The molecule has 0 saturated carbocycles. The van der Waals surface area contributed by atoms with E-state index in [4.69, 9.17) is 5.11 Å². The van der Waals surface area contributed by atoms with E-state index in [0.717, 1.165) is 24.9 Å². The van der Waals surface area contributed by atoms with Crippen LogP contribution in [-0.2, 0) is 11.2 Å². The largest absolute Gasteiger partial charge is 0.478 e. The number of hydrogen-bond acceptors (Lipinski definition) is 2. The maximum Gasteiger partial charge on any atom is 0.335 e. The van der Waals surface area contributed by atoms with Gasteiger partial charge in [0.25, 0.3) is 0 Å². The second-order valence-electron chi connectivity index (χ2n) is 5.08. The Labute approximate surface area is 113 Å². The molecule has 1 atom stereocenters. The number of carboxylic acids is 1. The van der Waals surface area contributed by atoms with E-state index in [1.165, 1.54) is 0 Å². The fourth-order valence-electron chi connectivity index (χ4n) is 2.51. The first-order valence-corrected chi connectivity index (χ1v) is 6.69. The number of aromatic carboxylic acids is 1. The van der Waals surface area contributed by atoms with Crippen molar-refractivity contribution in [2.24, 2.45) is 0 Å². The number of carbonyl (C=O) groups excluding carboxylic acids is 1. The summed E-state index contributed by atoms with van der Waals surface area (Å²) in [5.74, 6) is -0.721. The smallest absolute Gasteiger partial charge is 0.335 e. The second kappa shape index (κ2) is 5.87. The van der Waals surface area contributed by atoms with Crippen molar-refractivity contribution < 1.29 is 14.7 Å². The molecule has 1 saturated heterocycles. The molecule has 0 aliphatic carbocycles. The zero-order valence-electron chi connectivity index (χ0n) is 11.1. The molecule has 4 nitrogen and oxygen atoms in total. The Hall–Kier alpha value is -1.84.